The molecule has 0 spiro atoms. The zero-order chi connectivity index (χ0) is 17.3. The predicted octanol–water partition coefficient (Wildman–Crippen LogP) is 3.71. The summed E-state index contributed by atoms with van der Waals surface area (Å²) in [7, 11) is 1.65. The molecule has 0 atom stereocenters. The number of nitrogens with zero attached hydrogens (tertiary/aromatic N) is 3. The van der Waals surface area contributed by atoms with Crippen LogP contribution in [0.4, 0.5) is 16.5 Å². The van der Waals surface area contributed by atoms with Crippen LogP contribution in [0.15, 0.2) is 36.4 Å². The maximum absolute atomic E-state index is 11.1. The standard InChI is InChI=1S/C16H15N5O2S/c1-9-4-3-5-11(19-9)14-15(24-16(17)20-14)10-6-7-13(21(22)23)12(8-10)18-2/h3-8,18H,1-2H3,(H2,17,20). The third-order valence-corrected chi connectivity index (χ3v) is 4.43. The lowest BCUT2D eigenvalue weighted by Gasteiger charge is -2.06. The van der Waals surface area contributed by atoms with E-state index in [4.69, 9.17) is 5.73 Å². The molecule has 24 heavy (non-hydrogen) atoms. The van der Waals surface area contributed by atoms with Gasteiger partial charge in [-0.05, 0) is 36.8 Å². The maximum Gasteiger partial charge on any atom is 0.292 e. The Bertz CT molecular complexity index is 923. The molecule has 0 fully saturated rings. The average Bonchev–Trinajstić information content (AvgIpc) is 2.96. The molecule has 3 N–H and O–H groups in total. The highest BCUT2D eigenvalue weighted by atomic mass is 32.1. The number of nitro benzene ring substituents is 1. The molecule has 0 aliphatic carbocycles. The largest absolute Gasteiger partial charge is 0.383 e. The molecule has 0 amide bonds. The highest BCUT2D eigenvalue weighted by Crippen LogP contribution is 2.39. The fraction of sp³-hybridized carbons (Fsp3) is 0.125. The van der Waals surface area contributed by atoms with E-state index in [0.717, 1.165) is 21.8 Å². The van der Waals surface area contributed by atoms with Gasteiger partial charge in [-0.25, -0.2) is 4.98 Å². The summed E-state index contributed by atoms with van der Waals surface area (Å²) in [4.78, 5) is 20.4. The van der Waals surface area contributed by atoms with Crippen LogP contribution >= 0.6 is 11.3 Å². The number of nitro groups is 1. The van der Waals surface area contributed by atoms with Gasteiger partial charge in [-0.3, -0.25) is 15.1 Å². The molecule has 0 saturated carbocycles. The van der Waals surface area contributed by atoms with E-state index in [9.17, 15) is 10.1 Å². The number of aryl methyl sites for hydroxylation is 1. The van der Waals surface area contributed by atoms with Gasteiger partial charge in [0.05, 0.1) is 15.5 Å². The van der Waals surface area contributed by atoms with E-state index >= 15 is 0 Å². The van der Waals surface area contributed by atoms with E-state index in [1.807, 2.05) is 25.1 Å². The Labute approximate surface area is 142 Å². The van der Waals surface area contributed by atoms with Crippen molar-refractivity contribution in [1.29, 1.82) is 0 Å². The highest BCUT2D eigenvalue weighted by Gasteiger charge is 2.19. The van der Waals surface area contributed by atoms with Gasteiger partial charge in [-0.2, -0.15) is 0 Å². The van der Waals surface area contributed by atoms with Crippen LogP contribution in [0.2, 0.25) is 0 Å². The summed E-state index contributed by atoms with van der Waals surface area (Å²) in [6.07, 6.45) is 0. The van der Waals surface area contributed by atoms with Gasteiger partial charge in [0.1, 0.15) is 11.4 Å². The Kier molecular flexibility index (Phi) is 4.13. The second-order valence-corrected chi connectivity index (χ2v) is 6.16. The first-order valence-electron chi connectivity index (χ1n) is 7.16. The number of nitrogen functional groups attached to an aromatic ring is 1. The van der Waals surface area contributed by atoms with Gasteiger partial charge >= 0.3 is 0 Å². The molecule has 0 aliphatic rings. The van der Waals surface area contributed by atoms with E-state index in [-0.39, 0.29) is 5.69 Å². The number of anilines is 2. The van der Waals surface area contributed by atoms with E-state index in [2.05, 4.69) is 15.3 Å². The molecular weight excluding hydrogens is 326 g/mol. The van der Waals surface area contributed by atoms with Crippen molar-refractivity contribution in [3.05, 3.63) is 52.2 Å². The summed E-state index contributed by atoms with van der Waals surface area (Å²) in [6, 6.07) is 10.6. The van der Waals surface area contributed by atoms with Crippen LogP contribution in [-0.2, 0) is 0 Å². The maximum atomic E-state index is 11.1. The van der Waals surface area contributed by atoms with Gasteiger partial charge in [0, 0.05) is 18.8 Å². The normalized spacial score (nSPS) is 10.6. The minimum absolute atomic E-state index is 0.0222. The lowest BCUT2D eigenvalue weighted by molar-refractivity contribution is -0.383. The smallest absolute Gasteiger partial charge is 0.292 e. The minimum atomic E-state index is -0.417. The summed E-state index contributed by atoms with van der Waals surface area (Å²) in [5, 5.41) is 14.4. The number of nitrogens with one attached hydrogen (secondary N) is 1. The Morgan fingerprint density at radius 2 is 2.04 bits per heavy atom. The average molecular weight is 341 g/mol. The number of aromatic nitrogens is 2. The van der Waals surface area contributed by atoms with Crippen molar-refractivity contribution in [2.75, 3.05) is 18.1 Å². The van der Waals surface area contributed by atoms with Crippen molar-refractivity contribution < 1.29 is 4.92 Å². The lowest BCUT2D eigenvalue weighted by Crippen LogP contribution is -1.97. The van der Waals surface area contributed by atoms with Gasteiger partial charge in [-0.1, -0.05) is 17.4 Å². The van der Waals surface area contributed by atoms with E-state index in [1.54, 1.807) is 19.2 Å². The predicted molar refractivity (Wildman–Crippen MR) is 96.1 cm³/mol. The quantitative estimate of drug-likeness (QED) is 0.553. The van der Waals surface area contributed by atoms with Crippen LogP contribution in [0, 0.1) is 17.0 Å². The zero-order valence-corrected chi connectivity index (χ0v) is 13.9. The van der Waals surface area contributed by atoms with Crippen molar-refractivity contribution in [2.45, 2.75) is 6.92 Å². The summed E-state index contributed by atoms with van der Waals surface area (Å²) in [6.45, 7) is 1.91. The Balaban J connectivity index is 2.16. The topological polar surface area (TPSA) is 107 Å². The first-order chi connectivity index (χ1) is 11.5. The first-order valence-corrected chi connectivity index (χ1v) is 7.98. The molecule has 122 valence electrons. The molecule has 0 bridgehead atoms. The van der Waals surface area contributed by atoms with Gasteiger partial charge in [0.25, 0.3) is 5.69 Å². The van der Waals surface area contributed by atoms with Crippen molar-refractivity contribution in [1.82, 2.24) is 9.97 Å². The van der Waals surface area contributed by atoms with Crippen LogP contribution in [-0.4, -0.2) is 21.9 Å². The summed E-state index contributed by atoms with van der Waals surface area (Å²) < 4.78 is 0. The van der Waals surface area contributed by atoms with Crippen molar-refractivity contribution in [3.63, 3.8) is 0 Å². The molecule has 2 aromatic heterocycles. The highest BCUT2D eigenvalue weighted by molar-refractivity contribution is 7.19. The Hall–Kier alpha value is -3.00. The second-order valence-electron chi connectivity index (χ2n) is 5.13. The summed E-state index contributed by atoms with van der Waals surface area (Å²) in [5.74, 6) is 0. The molecule has 1 aromatic carbocycles. The number of hydrogen-bond acceptors (Lipinski definition) is 7. The SMILES string of the molecule is CNc1cc(-c2sc(N)nc2-c2cccc(C)n2)ccc1[N+](=O)[O-]. The van der Waals surface area contributed by atoms with E-state index in [0.29, 0.717) is 16.5 Å². The Morgan fingerprint density at radius 3 is 2.71 bits per heavy atom. The molecular formula is C16H15N5O2S. The lowest BCUT2D eigenvalue weighted by atomic mass is 10.1. The first kappa shape index (κ1) is 15.9. The van der Waals surface area contributed by atoms with Crippen LogP contribution in [0.25, 0.3) is 21.8 Å². The van der Waals surface area contributed by atoms with Crippen LogP contribution < -0.4 is 11.1 Å². The van der Waals surface area contributed by atoms with Crippen molar-refractivity contribution in [3.8, 4) is 21.8 Å². The van der Waals surface area contributed by atoms with Gasteiger partial charge in [0.15, 0.2) is 5.13 Å². The number of hydrogen-bond donors (Lipinski definition) is 2. The summed E-state index contributed by atoms with van der Waals surface area (Å²) >= 11 is 1.33. The molecule has 3 aromatic rings. The number of benzene rings is 1. The molecule has 0 saturated heterocycles. The molecule has 0 radical (unpaired) electrons. The van der Waals surface area contributed by atoms with Crippen molar-refractivity contribution in [2.24, 2.45) is 0 Å². The van der Waals surface area contributed by atoms with E-state index in [1.165, 1.54) is 17.4 Å². The zero-order valence-electron chi connectivity index (χ0n) is 13.1. The molecule has 0 aliphatic heterocycles. The van der Waals surface area contributed by atoms with Crippen molar-refractivity contribution >= 4 is 27.8 Å². The van der Waals surface area contributed by atoms with Crippen LogP contribution in [0.1, 0.15) is 5.69 Å². The molecule has 2 heterocycles. The second kappa shape index (κ2) is 6.25. The van der Waals surface area contributed by atoms with Gasteiger partial charge < -0.3 is 11.1 Å². The van der Waals surface area contributed by atoms with Gasteiger partial charge in [0.2, 0.25) is 0 Å². The number of nitrogens with two attached hydrogens (primary N) is 1. The van der Waals surface area contributed by atoms with E-state index < -0.39 is 4.92 Å². The molecule has 8 heteroatoms. The Morgan fingerprint density at radius 1 is 1.25 bits per heavy atom. The fourth-order valence-corrected chi connectivity index (χ4v) is 3.26. The van der Waals surface area contributed by atoms with Gasteiger partial charge in [-0.15, -0.1) is 0 Å². The third-order valence-electron chi connectivity index (χ3n) is 3.50. The van der Waals surface area contributed by atoms with Crippen LogP contribution in [0.5, 0.6) is 0 Å². The molecule has 0 unspecified atom stereocenters. The third kappa shape index (κ3) is 2.91. The number of thiazole rings is 1. The monoisotopic (exact) mass is 341 g/mol. The summed E-state index contributed by atoms with van der Waals surface area (Å²) in [5.41, 5.74) is 9.44. The van der Waals surface area contributed by atoms with Crippen LogP contribution in [0.3, 0.4) is 0 Å². The molecule has 7 nitrogen and oxygen atoms in total. The number of pyridine rings is 1. The minimum Gasteiger partial charge on any atom is -0.383 e. The molecule has 3 rings (SSSR count). The fourth-order valence-electron chi connectivity index (χ4n) is 2.42. The number of rotatable bonds is 4.